The molecule has 2 N–H and O–H groups in total. The molecule has 0 saturated heterocycles. The molecular formula is C19H17N3O5. The van der Waals surface area contributed by atoms with Crippen LogP contribution >= 0.6 is 0 Å². The number of ether oxygens (including phenoxy) is 1. The number of carbonyl (C=O) groups excluding carboxylic acids is 1. The Balaban J connectivity index is 1.90. The van der Waals surface area contributed by atoms with Crippen LogP contribution in [0.2, 0.25) is 0 Å². The maximum atomic E-state index is 12.1. The first-order valence-electron chi connectivity index (χ1n) is 8.13. The average molecular weight is 367 g/mol. The molecule has 1 aromatic heterocycles. The first-order chi connectivity index (χ1) is 13.0. The highest BCUT2D eigenvalue weighted by atomic mass is 16.6. The summed E-state index contributed by atoms with van der Waals surface area (Å²) in [6.07, 6.45) is 3.34. The molecule has 138 valence electrons. The van der Waals surface area contributed by atoms with Gasteiger partial charge in [-0.3, -0.25) is 15.1 Å². The minimum Gasteiger partial charge on any atom is -0.507 e. The van der Waals surface area contributed by atoms with E-state index in [1.54, 1.807) is 6.20 Å². The van der Waals surface area contributed by atoms with Gasteiger partial charge < -0.3 is 14.8 Å². The lowest BCUT2D eigenvalue weighted by molar-refractivity contribution is -0.384. The van der Waals surface area contributed by atoms with Crippen molar-refractivity contribution in [3.8, 4) is 5.75 Å². The second kappa shape index (κ2) is 7.69. The largest absolute Gasteiger partial charge is 0.507 e. The number of methoxy groups -OCH3 is 1. The highest BCUT2D eigenvalue weighted by Crippen LogP contribution is 2.23. The number of phenols is 1. The Hall–Kier alpha value is -3.68. The SMILES string of the molecule is COC(=O)[C@H](Cc1c[nH]c2ccccc12)N=Cc1cc([N+](=O)[O-])ccc1O. The van der Waals surface area contributed by atoms with Gasteiger partial charge in [0.25, 0.3) is 5.69 Å². The number of H-pyrrole nitrogens is 1. The quantitative estimate of drug-likeness (QED) is 0.300. The molecule has 8 nitrogen and oxygen atoms in total. The predicted octanol–water partition coefficient (Wildman–Crippen LogP) is 2.98. The maximum Gasteiger partial charge on any atom is 0.330 e. The van der Waals surface area contributed by atoms with Crippen molar-refractivity contribution in [3.63, 3.8) is 0 Å². The minimum absolute atomic E-state index is 0.150. The highest BCUT2D eigenvalue weighted by molar-refractivity contribution is 5.88. The van der Waals surface area contributed by atoms with Gasteiger partial charge in [-0.2, -0.15) is 0 Å². The van der Waals surface area contributed by atoms with Crippen LogP contribution in [-0.2, 0) is 16.0 Å². The molecule has 0 spiro atoms. The van der Waals surface area contributed by atoms with Crippen molar-refractivity contribution in [2.45, 2.75) is 12.5 Å². The normalized spacial score (nSPS) is 12.3. The van der Waals surface area contributed by atoms with Gasteiger partial charge in [0.15, 0.2) is 6.04 Å². The molecule has 27 heavy (non-hydrogen) atoms. The highest BCUT2D eigenvalue weighted by Gasteiger charge is 2.20. The lowest BCUT2D eigenvalue weighted by Gasteiger charge is -2.10. The second-order valence-electron chi connectivity index (χ2n) is 5.88. The standard InChI is InChI=1S/C19H17N3O5/c1-27-19(24)17(9-12-10-20-16-5-3-2-4-15(12)16)21-11-13-8-14(22(25)26)6-7-18(13)23/h2-8,10-11,17,20,23H,9H2,1H3/t17-/m0/s1. The fraction of sp³-hybridized carbons (Fsp3) is 0.158. The van der Waals surface area contributed by atoms with E-state index in [1.165, 1.54) is 31.5 Å². The summed E-state index contributed by atoms with van der Waals surface area (Å²) in [6.45, 7) is 0. The predicted molar refractivity (Wildman–Crippen MR) is 100 cm³/mol. The number of aromatic amines is 1. The number of nitrogens with one attached hydrogen (secondary N) is 1. The Kier molecular flexibility index (Phi) is 5.16. The van der Waals surface area contributed by atoms with Gasteiger partial charge in [0.1, 0.15) is 5.75 Å². The fourth-order valence-electron chi connectivity index (χ4n) is 2.77. The lowest BCUT2D eigenvalue weighted by Crippen LogP contribution is -2.23. The molecule has 0 aliphatic carbocycles. The van der Waals surface area contributed by atoms with Crippen molar-refractivity contribution in [1.82, 2.24) is 4.98 Å². The zero-order chi connectivity index (χ0) is 19.4. The zero-order valence-corrected chi connectivity index (χ0v) is 14.5. The third kappa shape index (κ3) is 3.95. The van der Waals surface area contributed by atoms with Gasteiger partial charge in [0, 0.05) is 47.4 Å². The molecule has 0 amide bonds. The number of aromatic hydroxyl groups is 1. The number of carbonyl (C=O) groups is 1. The summed E-state index contributed by atoms with van der Waals surface area (Å²) in [5.74, 6) is -0.707. The van der Waals surface area contributed by atoms with Crippen molar-refractivity contribution in [3.05, 3.63) is 69.9 Å². The first kappa shape index (κ1) is 18.1. The Morgan fingerprint density at radius 1 is 1.37 bits per heavy atom. The smallest absolute Gasteiger partial charge is 0.330 e. The Labute approximate surface area is 154 Å². The average Bonchev–Trinajstić information content (AvgIpc) is 3.08. The van der Waals surface area contributed by atoms with E-state index in [0.717, 1.165) is 16.5 Å². The van der Waals surface area contributed by atoms with Crippen molar-refractivity contribution < 1.29 is 19.6 Å². The molecule has 0 saturated carbocycles. The minimum atomic E-state index is -0.854. The summed E-state index contributed by atoms with van der Waals surface area (Å²) in [6, 6.07) is 10.4. The van der Waals surface area contributed by atoms with Gasteiger partial charge in [-0.05, 0) is 17.7 Å². The fourth-order valence-corrected chi connectivity index (χ4v) is 2.77. The number of para-hydroxylation sites is 1. The molecule has 2 aromatic carbocycles. The monoisotopic (exact) mass is 367 g/mol. The Morgan fingerprint density at radius 3 is 2.89 bits per heavy atom. The van der Waals surface area contributed by atoms with Crippen LogP contribution in [0.25, 0.3) is 10.9 Å². The number of esters is 1. The molecule has 0 aliphatic heterocycles. The maximum absolute atomic E-state index is 12.1. The van der Waals surface area contributed by atoms with Crippen LogP contribution in [0.3, 0.4) is 0 Å². The summed E-state index contributed by atoms with van der Waals surface area (Å²) >= 11 is 0. The number of hydrogen-bond donors (Lipinski definition) is 2. The number of non-ortho nitro benzene ring substituents is 1. The number of hydrogen-bond acceptors (Lipinski definition) is 6. The molecule has 0 radical (unpaired) electrons. The van der Waals surface area contributed by atoms with E-state index >= 15 is 0 Å². The summed E-state index contributed by atoms with van der Waals surface area (Å²) in [7, 11) is 1.27. The van der Waals surface area contributed by atoms with Crippen LogP contribution in [0.5, 0.6) is 5.75 Å². The van der Waals surface area contributed by atoms with Crippen LogP contribution in [0.1, 0.15) is 11.1 Å². The molecule has 1 atom stereocenters. The number of nitrogens with zero attached hydrogens (tertiary/aromatic N) is 2. The molecule has 8 heteroatoms. The molecular weight excluding hydrogens is 350 g/mol. The number of benzene rings is 2. The molecule has 0 unspecified atom stereocenters. The Morgan fingerprint density at radius 2 is 2.15 bits per heavy atom. The number of phenolic OH excluding ortho intramolecular Hbond substituents is 1. The number of rotatable bonds is 6. The second-order valence-corrected chi connectivity index (χ2v) is 5.88. The van der Waals surface area contributed by atoms with E-state index in [1.807, 2.05) is 24.3 Å². The molecule has 0 aliphatic rings. The van der Waals surface area contributed by atoms with Gasteiger partial charge in [0.2, 0.25) is 0 Å². The summed E-state index contributed by atoms with van der Waals surface area (Å²) in [5, 5.41) is 21.8. The van der Waals surface area contributed by atoms with Crippen molar-refractivity contribution >= 4 is 28.8 Å². The van der Waals surface area contributed by atoms with Crippen LogP contribution in [0.15, 0.2) is 53.7 Å². The van der Waals surface area contributed by atoms with Crippen molar-refractivity contribution in [2.75, 3.05) is 7.11 Å². The molecule has 3 rings (SSSR count). The van der Waals surface area contributed by atoms with Gasteiger partial charge in [-0.1, -0.05) is 18.2 Å². The van der Waals surface area contributed by atoms with Crippen LogP contribution in [0, 0.1) is 10.1 Å². The molecule has 1 heterocycles. The summed E-state index contributed by atoms with van der Waals surface area (Å²) in [4.78, 5) is 29.8. The number of aromatic nitrogens is 1. The van der Waals surface area contributed by atoms with E-state index in [9.17, 15) is 20.0 Å². The van der Waals surface area contributed by atoms with E-state index in [2.05, 4.69) is 9.98 Å². The van der Waals surface area contributed by atoms with E-state index in [0.29, 0.717) is 0 Å². The van der Waals surface area contributed by atoms with Gasteiger partial charge in [-0.15, -0.1) is 0 Å². The number of fused-ring (bicyclic) bond motifs is 1. The van der Waals surface area contributed by atoms with Crippen LogP contribution in [-0.4, -0.2) is 40.3 Å². The Bertz CT molecular complexity index is 1030. The van der Waals surface area contributed by atoms with Crippen molar-refractivity contribution in [1.29, 1.82) is 0 Å². The third-order valence-electron chi connectivity index (χ3n) is 4.18. The number of nitro benzene ring substituents is 1. The molecule has 0 fully saturated rings. The van der Waals surface area contributed by atoms with E-state index in [-0.39, 0.29) is 23.4 Å². The third-order valence-corrected chi connectivity index (χ3v) is 4.18. The molecule has 3 aromatic rings. The van der Waals surface area contributed by atoms with Crippen molar-refractivity contribution in [2.24, 2.45) is 4.99 Å². The lowest BCUT2D eigenvalue weighted by atomic mass is 10.1. The molecule has 0 bridgehead atoms. The number of aliphatic imine (C=N–C) groups is 1. The van der Waals surface area contributed by atoms with Gasteiger partial charge in [-0.25, -0.2) is 4.79 Å². The zero-order valence-electron chi connectivity index (χ0n) is 14.5. The van der Waals surface area contributed by atoms with Crippen LogP contribution in [0.4, 0.5) is 5.69 Å². The summed E-state index contributed by atoms with van der Waals surface area (Å²) in [5.41, 5.74) is 1.80. The number of nitro groups is 1. The van der Waals surface area contributed by atoms with E-state index in [4.69, 9.17) is 4.74 Å². The van der Waals surface area contributed by atoms with E-state index < -0.39 is 16.9 Å². The topological polar surface area (TPSA) is 118 Å². The summed E-state index contributed by atoms with van der Waals surface area (Å²) < 4.78 is 4.82. The van der Waals surface area contributed by atoms with Crippen LogP contribution < -0.4 is 0 Å². The van der Waals surface area contributed by atoms with Gasteiger partial charge >= 0.3 is 5.97 Å². The first-order valence-corrected chi connectivity index (χ1v) is 8.13. The van der Waals surface area contributed by atoms with Gasteiger partial charge in [0.05, 0.1) is 12.0 Å².